The molecule has 1 fully saturated rings. The molecule has 0 saturated carbocycles. The van der Waals surface area contributed by atoms with E-state index in [2.05, 4.69) is 32.2 Å². The van der Waals surface area contributed by atoms with Crippen LogP contribution in [-0.4, -0.2) is 110 Å². The number of aromatic nitrogens is 3. The molecule has 16 heteroatoms. The number of alkyl halides is 4. The van der Waals surface area contributed by atoms with Crippen LogP contribution in [0.3, 0.4) is 0 Å². The first-order valence-electron chi connectivity index (χ1n) is 15.7. The molecule has 1 aliphatic carbocycles. The first kappa shape index (κ1) is 35.8. The van der Waals surface area contributed by atoms with Gasteiger partial charge < -0.3 is 40.0 Å². The molecule has 2 aromatic heterocycles. The topological polar surface area (TPSA) is 164 Å². The largest absolute Gasteiger partial charge is 0.490 e. The van der Waals surface area contributed by atoms with Crippen molar-refractivity contribution >= 4 is 28.6 Å². The van der Waals surface area contributed by atoms with Crippen molar-refractivity contribution < 1.29 is 42.1 Å². The summed E-state index contributed by atoms with van der Waals surface area (Å²) < 4.78 is 52.2. The Kier molecular flexibility index (Phi) is 10.3. The predicted molar refractivity (Wildman–Crippen MR) is 173 cm³/mol. The number of hydrogen-bond donors (Lipinski definition) is 5. The highest BCUT2D eigenvalue weighted by molar-refractivity contribution is 6.02. The molecule has 49 heavy (non-hydrogen) atoms. The summed E-state index contributed by atoms with van der Waals surface area (Å²) >= 11 is 0. The maximum atomic E-state index is 14.9. The zero-order chi connectivity index (χ0) is 35.7. The number of allylic oxidation sites excluding steroid dienone is 2. The van der Waals surface area contributed by atoms with Gasteiger partial charge in [0.15, 0.2) is 5.67 Å². The van der Waals surface area contributed by atoms with Crippen molar-refractivity contribution in [3.05, 3.63) is 69.7 Å². The third-order valence-electron chi connectivity index (χ3n) is 8.70. The van der Waals surface area contributed by atoms with Crippen LogP contribution in [0.4, 0.5) is 23.2 Å². The number of carbonyl (C=O) groups is 2. The molecular formula is C33H38F4N6O6. The van der Waals surface area contributed by atoms with Gasteiger partial charge in [0.1, 0.15) is 17.5 Å². The lowest BCUT2D eigenvalue weighted by atomic mass is 9.93. The molecule has 2 aliphatic heterocycles. The van der Waals surface area contributed by atoms with E-state index in [1.807, 2.05) is 24.0 Å². The number of hydrogen-bond acceptors (Lipinski definition) is 8. The molecule has 4 heterocycles. The molecule has 3 aliphatic rings. The van der Waals surface area contributed by atoms with E-state index in [1.54, 1.807) is 18.2 Å². The van der Waals surface area contributed by atoms with Crippen molar-refractivity contribution in [2.24, 2.45) is 0 Å². The number of likely N-dealkylation sites (tertiary alicyclic amines) is 1. The molecule has 1 aromatic carbocycles. The maximum absolute atomic E-state index is 14.9. The lowest BCUT2D eigenvalue weighted by Gasteiger charge is -2.34. The molecule has 3 atom stereocenters. The van der Waals surface area contributed by atoms with Crippen molar-refractivity contribution in [2.45, 2.75) is 63.3 Å². The quantitative estimate of drug-likeness (QED) is 0.220. The average Bonchev–Trinajstić information content (AvgIpc) is 3.57. The number of imidazole rings is 1. The lowest BCUT2D eigenvalue weighted by Crippen LogP contribution is -2.43. The van der Waals surface area contributed by atoms with Crippen molar-refractivity contribution in [2.75, 3.05) is 38.6 Å². The molecule has 3 aromatic rings. The first-order chi connectivity index (χ1) is 23.0. The molecule has 264 valence electrons. The number of halogens is 4. The number of carboxylic acids is 1. The van der Waals surface area contributed by atoms with E-state index < -0.39 is 30.0 Å². The second-order valence-corrected chi connectivity index (χ2v) is 12.7. The molecule has 0 spiro atoms. The van der Waals surface area contributed by atoms with Crippen LogP contribution in [0.2, 0.25) is 0 Å². The summed E-state index contributed by atoms with van der Waals surface area (Å²) in [5.74, 6) is -2.37. The molecule has 12 nitrogen and oxygen atoms in total. The van der Waals surface area contributed by atoms with E-state index >= 15 is 0 Å². The van der Waals surface area contributed by atoms with Gasteiger partial charge >= 0.3 is 12.1 Å². The van der Waals surface area contributed by atoms with Gasteiger partial charge in [-0.25, -0.2) is 14.2 Å². The normalized spacial score (nSPS) is 22.0. The Hall–Kier alpha value is -4.54. The fraction of sp³-hybridized carbons (Fsp3) is 0.455. The molecule has 1 amide bonds. The summed E-state index contributed by atoms with van der Waals surface area (Å²) in [7, 11) is 2.11. The number of H-pyrrole nitrogens is 2. The summed E-state index contributed by atoms with van der Waals surface area (Å²) in [4.78, 5) is 50.0. The summed E-state index contributed by atoms with van der Waals surface area (Å²) in [6.45, 7) is 5.78. The van der Waals surface area contributed by atoms with Crippen LogP contribution in [0.15, 0.2) is 53.0 Å². The molecule has 1 saturated heterocycles. The van der Waals surface area contributed by atoms with E-state index in [0.29, 0.717) is 29.1 Å². The Bertz CT molecular complexity index is 1830. The Morgan fingerprint density at radius 3 is 2.59 bits per heavy atom. The summed E-state index contributed by atoms with van der Waals surface area (Å²) in [5.41, 5.74) is 2.51. The zero-order valence-electron chi connectivity index (χ0n) is 27.1. The van der Waals surface area contributed by atoms with Gasteiger partial charge in [0, 0.05) is 30.9 Å². The molecule has 3 unspecified atom stereocenters. The highest BCUT2D eigenvalue weighted by Gasteiger charge is 2.38. The van der Waals surface area contributed by atoms with Crippen molar-refractivity contribution in [3.63, 3.8) is 0 Å². The minimum atomic E-state index is -5.08. The van der Waals surface area contributed by atoms with Crippen LogP contribution in [-0.2, 0) is 16.1 Å². The van der Waals surface area contributed by atoms with Crippen molar-refractivity contribution in [1.29, 1.82) is 0 Å². The number of nitrogens with one attached hydrogen (secondary N) is 3. The van der Waals surface area contributed by atoms with E-state index in [0.717, 1.165) is 42.6 Å². The van der Waals surface area contributed by atoms with E-state index in [-0.39, 0.29) is 36.2 Å². The summed E-state index contributed by atoms with van der Waals surface area (Å²) in [6, 6.07) is 5.69. The number of fused-ring (bicyclic) bond motifs is 2. The van der Waals surface area contributed by atoms with Crippen LogP contribution < -0.4 is 10.9 Å². The van der Waals surface area contributed by atoms with Crippen LogP contribution in [0.25, 0.3) is 22.4 Å². The number of benzene rings is 1. The number of carboxylic acid groups (broad SMARTS) is 1. The third kappa shape index (κ3) is 8.20. The number of pyridine rings is 1. The molecular weight excluding hydrogens is 652 g/mol. The number of piperidine rings is 1. The van der Waals surface area contributed by atoms with Gasteiger partial charge in [-0.3, -0.25) is 9.59 Å². The van der Waals surface area contributed by atoms with Gasteiger partial charge in [0.05, 0.1) is 29.4 Å². The monoisotopic (exact) mass is 690 g/mol. The summed E-state index contributed by atoms with van der Waals surface area (Å²) in [5, 5.41) is 20.8. The van der Waals surface area contributed by atoms with E-state index in [1.165, 1.54) is 19.2 Å². The Morgan fingerprint density at radius 1 is 1.24 bits per heavy atom. The van der Waals surface area contributed by atoms with Crippen LogP contribution in [0, 0.1) is 0 Å². The number of aliphatic hydroxyl groups excluding tert-OH is 1. The van der Waals surface area contributed by atoms with Crippen molar-refractivity contribution in [3.8, 4) is 11.4 Å². The highest BCUT2D eigenvalue weighted by Crippen LogP contribution is 2.33. The fourth-order valence-corrected chi connectivity index (χ4v) is 6.15. The lowest BCUT2D eigenvalue weighted by molar-refractivity contribution is -0.192. The number of carbonyl (C=O) groups excluding carboxylic acids is 1. The Balaban J connectivity index is 0.000000606. The van der Waals surface area contributed by atoms with Crippen LogP contribution in [0.5, 0.6) is 0 Å². The Labute approximate surface area is 278 Å². The number of anilines is 1. The van der Waals surface area contributed by atoms with Crippen LogP contribution >= 0.6 is 0 Å². The van der Waals surface area contributed by atoms with E-state index in [4.69, 9.17) is 14.6 Å². The fourth-order valence-electron chi connectivity index (χ4n) is 6.15. The standard InChI is InChI=1S/C31H37FN6O4.C2HF3O2/c1-18-4-5-26(31(2,32)14-18)42-17-21(39)15-34-23-6-9-33-29(40)27(23)28-35-24-12-19-16-38(20-7-10-37(3)11-8-20)30(41)22(19)13-25(24)36-28;3-2(4,5)1(6)7/h4-6,9,12-14,20-21,26,39H,7-8,10-11,15-17H2,1-3H3,(H,35,36)(H2,33,34,40);(H,6,7). The number of nitrogens with zero attached hydrogens (tertiary/aromatic N) is 3. The first-order valence-corrected chi connectivity index (χ1v) is 15.7. The van der Waals surface area contributed by atoms with Crippen LogP contribution in [0.1, 0.15) is 42.6 Å². The van der Waals surface area contributed by atoms with Gasteiger partial charge in [0.25, 0.3) is 11.5 Å². The number of aliphatic carboxylic acids is 1. The number of ether oxygens (including phenoxy) is 1. The number of amides is 1. The SMILES string of the molecule is CC1=CC(C)(F)C(OCC(O)CNc2cc[nH]c(=O)c2-c2nc3cc4c(cc3[nH]2)CN(C2CCN(C)CC2)C4=O)C=C1.O=C(O)C(F)(F)F. The van der Waals surface area contributed by atoms with Gasteiger partial charge in [-0.2, -0.15) is 13.2 Å². The number of rotatable bonds is 8. The second kappa shape index (κ2) is 14.1. The summed E-state index contributed by atoms with van der Waals surface area (Å²) in [6.07, 6.45) is 1.57. The predicted octanol–water partition coefficient (Wildman–Crippen LogP) is 4.00. The highest BCUT2D eigenvalue weighted by atomic mass is 19.4. The number of aromatic amines is 2. The molecule has 0 bridgehead atoms. The van der Waals surface area contributed by atoms with Crippen molar-refractivity contribution in [1.82, 2.24) is 24.8 Å². The van der Waals surface area contributed by atoms with Gasteiger partial charge in [0.2, 0.25) is 0 Å². The minimum Gasteiger partial charge on any atom is -0.475 e. The third-order valence-corrected chi connectivity index (χ3v) is 8.70. The maximum Gasteiger partial charge on any atom is 0.490 e. The zero-order valence-corrected chi connectivity index (χ0v) is 27.1. The Morgan fingerprint density at radius 2 is 1.94 bits per heavy atom. The molecule has 6 rings (SSSR count). The van der Waals surface area contributed by atoms with Gasteiger partial charge in [-0.15, -0.1) is 0 Å². The number of aliphatic hydroxyl groups is 1. The average molecular weight is 691 g/mol. The second-order valence-electron chi connectivity index (χ2n) is 12.7. The minimum absolute atomic E-state index is 0.0325. The smallest absolute Gasteiger partial charge is 0.475 e. The molecule has 5 N–H and O–H groups in total. The van der Waals surface area contributed by atoms with E-state index in [9.17, 15) is 32.3 Å². The van der Waals surface area contributed by atoms with Gasteiger partial charge in [-0.05, 0) is 76.7 Å². The molecule has 0 radical (unpaired) electrons. The van der Waals surface area contributed by atoms with Gasteiger partial charge in [-0.1, -0.05) is 17.7 Å².